The molecule has 2 aliphatic heterocycles. The van der Waals surface area contributed by atoms with E-state index in [9.17, 15) is 14.7 Å². The highest BCUT2D eigenvalue weighted by atomic mass is 16.5. The third kappa shape index (κ3) is 4.44. The zero-order chi connectivity index (χ0) is 20.9. The number of urea groups is 1. The van der Waals surface area contributed by atoms with Crippen LogP contribution in [-0.2, 0) is 16.0 Å². The molecule has 0 aromatic carbocycles. The Bertz CT molecular complexity index is 691. The maximum atomic E-state index is 13.4. The predicted octanol–water partition coefficient (Wildman–Crippen LogP) is 1.14. The minimum absolute atomic E-state index is 0.0579. The van der Waals surface area contributed by atoms with Crippen molar-refractivity contribution in [3.63, 3.8) is 0 Å². The summed E-state index contributed by atoms with van der Waals surface area (Å²) in [6.07, 6.45) is 6.22. The minimum atomic E-state index is -0.782. The Balaban J connectivity index is 1.69. The lowest BCUT2D eigenvalue weighted by Crippen LogP contribution is -2.58. The van der Waals surface area contributed by atoms with Crippen LogP contribution in [0.4, 0.5) is 4.79 Å². The van der Waals surface area contributed by atoms with Crippen molar-refractivity contribution in [1.82, 2.24) is 19.7 Å². The van der Waals surface area contributed by atoms with E-state index in [-0.39, 0.29) is 24.6 Å². The fraction of sp³-hybridized carbons (Fsp3) is 0.667. The van der Waals surface area contributed by atoms with Crippen LogP contribution in [0, 0.1) is 0 Å². The van der Waals surface area contributed by atoms with Crippen LogP contribution in [0.3, 0.4) is 0 Å². The number of aryl methyl sites for hydroxylation is 1. The molecule has 3 heterocycles. The normalized spacial score (nSPS) is 20.7. The molecule has 0 aliphatic carbocycles. The van der Waals surface area contributed by atoms with Crippen molar-refractivity contribution >= 4 is 11.9 Å². The van der Waals surface area contributed by atoms with Gasteiger partial charge in [-0.15, -0.1) is 0 Å². The predicted molar refractivity (Wildman–Crippen MR) is 108 cm³/mol. The molecule has 3 rings (SSSR count). The van der Waals surface area contributed by atoms with E-state index in [0.29, 0.717) is 52.0 Å². The van der Waals surface area contributed by atoms with Gasteiger partial charge in [-0.05, 0) is 44.2 Å². The molecule has 1 N–H and O–H groups in total. The van der Waals surface area contributed by atoms with E-state index in [4.69, 9.17) is 4.74 Å². The van der Waals surface area contributed by atoms with E-state index in [2.05, 4.69) is 9.88 Å². The van der Waals surface area contributed by atoms with Crippen LogP contribution in [0.5, 0.6) is 0 Å². The maximum absolute atomic E-state index is 13.4. The van der Waals surface area contributed by atoms with Crippen molar-refractivity contribution in [2.24, 2.45) is 0 Å². The second-order valence-electron chi connectivity index (χ2n) is 7.95. The van der Waals surface area contributed by atoms with Gasteiger partial charge in [-0.1, -0.05) is 6.07 Å². The van der Waals surface area contributed by atoms with Crippen LogP contribution in [0.25, 0.3) is 0 Å². The molecule has 0 bridgehead atoms. The number of likely N-dealkylation sites (tertiary alicyclic amines) is 1. The van der Waals surface area contributed by atoms with Crippen LogP contribution in [-0.4, -0.2) is 94.8 Å². The number of amides is 3. The van der Waals surface area contributed by atoms with Crippen LogP contribution in [0.1, 0.15) is 31.7 Å². The van der Waals surface area contributed by atoms with Crippen molar-refractivity contribution in [1.29, 1.82) is 0 Å². The first kappa shape index (κ1) is 21.7. The summed E-state index contributed by atoms with van der Waals surface area (Å²) in [5.74, 6) is -0.0823. The van der Waals surface area contributed by atoms with E-state index in [1.54, 1.807) is 18.2 Å². The van der Waals surface area contributed by atoms with Crippen LogP contribution >= 0.6 is 0 Å². The SMILES string of the molecule is COCCN1C(=O)N(CCCc2cccnc2)C(=O)C12CCN(C(C)CO)CC2. The lowest BCUT2D eigenvalue weighted by Gasteiger charge is -2.43. The molecule has 2 saturated heterocycles. The van der Waals surface area contributed by atoms with Gasteiger partial charge in [-0.25, -0.2) is 4.79 Å². The third-order valence-electron chi connectivity index (χ3n) is 6.22. The molecular weight excluding hydrogens is 372 g/mol. The van der Waals surface area contributed by atoms with Gasteiger partial charge in [0, 0.05) is 51.7 Å². The third-order valence-corrected chi connectivity index (χ3v) is 6.22. The monoisotopic (exact) mass is 404 g/mol. The standard InChI is InChI=1S/C21H32N4O4/c1-17(16-26)23-11-7-21(8-12-23)19(27)24(20(28)25(21)13-14-29-2)10-4-6-18-5-3-9-22-15-18/h3,5,9,15,17,26H,4,6-8,10-14,16H2,1-2H3. The molecule has 2 fully saturated rings. The fourth-order valence-electron chi connectivity index (χ4n) is 4.39. The van der Waals surface area contributed by atoms with Crippen molar-refractivity contribution in [3.8, 4) is 0 Å². The number of piperidine rings is 1. The van der Waals surface area contributed by atoms with Crippen LogP contribution in [0.2, 0.25) is 0 Å². The number of imide groups is 1. The second-order valence-corrected chi connectivity index (χ2v) is 7.95. The fourth-order valence-corrected chi connectivity index (χ4v) is 4.39. The number of carbonyl (C=O) groups excluding carboxylic acids is 2. The molecule has 1 atom stereocenters. The highest BCUT2D eigenvalue weighted by molar-refractivity contribution is 6.07. The minimum Gasteiger partial charge on any atom is -0.395 e. The molecule has 29 heavy (non-hydrogen) atoms. The number of rotatable bonds is 9. The molecule has 0 saturated carbocycles. The van der Waals surface area contributed by atoms with Gasteiger partial charge in [-0.2, -0.15) is 0 Å². The molecule has 1 aromatic heterocycles. The lowest BCUT2D eigenvalue weighted by atomic mass is 9.85. The number of aromatic nitrogens is 1. The molecule has 1 aromatic rings. The molecule has 1 spiro atoms. The summed E-state index contributed by atoms with van der Waals surface area (Å²) in [4.78, 5) is 36.0. The molecule has 2 aliphatic rings. The Morgan fingerprint density at radius 1 is 1.28 bits per heavy atom. The summed E-state index contributed by atoms with van der Waals surface area (Å²) < 4.78 is 5.20. The maximum Gasteiger partial charge on any atom is 0.327 e. The Morgan fingerprint density at radius 2 is 2.03 bits per heavy atom. The summed E-state index contributed by atoms with van der Waals surface area (Å²) in [6, 6.07) is 3.75. The zero-order valence-electron chi connectivity index (χ0n) is 17.4. The van der Waals surface area contributed by atoms with E-state index < -0.39 is 5.54 Å². The number of hydrogen-bond donors (Lipinski definition) is 1. The average molecular weight is 405 g/mol. The summed E-state index contributed by atoms with van der Waals surface area (Å²) in [6.45, 7) is 4.67. The Hall–Kier alpha value is -2.03. The van der Waals surface area contributed by atoms with Gasteiger partial charge in [0.1, 0.15) is 5.54 Å². The molecule has 8 nitrogen and oxygen atoms in total. The Kier molecular flexibility index (Phi) is 7.21. The Labute approximate surface area is 172 Å². The summed E-state index contributed by atoms with van der Waals surface area (Å²) >= 11 is 0. The van der Waals surface area contributed by atoms with Gasteiger partial charge in [0.25, 0.3) is 5.91 Å². The van der Waals surface area contributed by atoms with Gasteiger partial charge < -0.3 is 14.7 Å². The largest absolute Gasteiger partial charge is 0.395 e. The summed E-state index contributed by atoms with van der Waals surface area (Å²) in [7, 11) is 1.60. The van der Waals surface area contributed by atoms with Crippen molar-refractivity contribution in [3.05, 3.63) is 30.1 Å². The number of aliphatic hydroxyl groups is 1. The molecule has 1 unspecified atom stereocenters. The van der Waals surface area contributed by atoms with Gasteiger partial charge >= 0.3 is 6.03 Å². The van der Waals surface area contributed by atoms with Gasteiger partial charge in [0.05, 0.1) is 13.2 Å². The first-order valence-corrected chi connectivity index (χ1v) is 10.4. The van der Waals surface area contributed by atoms with Gasteiger partial charge in [0.2, 0.25) is 0 Å². The molecule has 8 heteroatoms. The lowest BCUT2D eigenvalue weighted by molar-refractivity contribution is -0.136. The molecule has 160 valence electrons. The van der Waals surface area contributed by atoms with Crippen molar-refractivity contribution < 1.29 is 19.4 Å². The highest BCUT2D eigenvalue weighted by Crippen LogP contribution is 2.37. The number of pyridine rings is 1. The van der Waals surface area contributed by atoms with Crippen molar-refractivity contribution in [2.45, 2.75) is 44.2 Å². The van der Waals surface area contributed by atoms with Gasteiger partial charge in [-0.3, -0.25) is 19.6 Å². The topological polar surface area (TPSA) is 86.2 Å². The highest BCUT2D eigenvalue weighted by Gasteiger charge is 2.57. The quantitative estimate of drug-likeness (QED) is 0.621. The number of methoxy groups -OCH3 is 1. The second kappa shape index (κ2) is 9.65. The molecule has 0 radical (unpaired) electrons. The molecular formula is C21H32N4O4. The average Bonchev–Trinajstić information content (AvgIpc) is 2.94. The van der Waals surface area contributed by atoms with E-state index in [1.165, 1.54) is 4.90 Å². The first-order valence-electron chi connectivity index (χ1n) is 10.4. The van der Waals surface area contributed by atoms with E-state index in [0.717, 1.165) is 12.0 Å². The van der Waals surface area contributed by atoms with Crippen molar-refractivity contribution in [2.75, 3.05) is 46.5 Å². The Morgan fingerprint density at radius 3 is 2.66 bits per heavy atom. The zero-order valence-corrected chi connectivity index (χ0v) is 17.4. The number of hydrogen-bond acceptors (Lipinski definition) is 6. The first-order chi connectivity index (χ1) is 14.0. The van der Waals surface area contributed by atoms with E-state index >= 15 is 0 Å². The summed E-state index contributed by atoms with van der Waals surface area (Å²) in [5.41, 5.74) is 0.319. The van der Waals surface area contributed by atoms with Gasteiger partial charge in [0.15, 0.2) is 0 Å². The van der Waals surface area contributed by atoms with Crippen LogP contribution < -0.4 is 0 Å². The smallest absolute Gasteiger partial charge is 0.327 e. The number of aliphatic hydroxyl groups excluding tert-OH is 1. The number of nitrogens with zero attached hydrogens (tertiary/aromatic N) is 4. The number of ether oxygens (including phenoxy) is 1. The number of carbonyl (C=O) groups is 2. The molecule has 3 amide bonds. The van der Waals surface area contributed by atoms with E-state index in [1.807, 2.05) is 25.3 Å². The summed E-state index contributed by atoms with van der Waals surface area (Å²) in [5, 5.41) is 9.44. The van der Waals surface area contributed by atoms with Crippen LogP contribution in [0.15, 0.2) is 24.5 Å².